The summed E-state index contributed by atoms with van der Waals surface area (Å²) in [6.45, 7) is 11.4. The van der Waals surface area contributed by atoms with Crippen molar-refractivity contribution < 1.29 is 4.79 Å². The maximum Gasteiger partial charge on any atom is 0.234 e. The first-order chi connectivity index (χ1) is 12.8. The Balaban J connectivity index is 1.49. The molecule has 1 fully saturated rings. The fourth-order valence-corrected chi connectivity index (χ4v) is 3.52. The molecule has 1 amide bonds. The Bertz CT molecular complexity index is 791. The monoisotopic (exact) mass is 369 g/mol. The van der Waals surface area contributed by atoms with E-state index in [-0.39, 0.29) is 11.4 Å². The normalized spacial score (nSPS) is 16.4. The van der Waals surface area contributed by atoms with E-state index in [1.54, 1.807) is 0 Å². The first-order valence-electron chi connectivity index (χ1n) is 9.80. The zero-order valence-electron chi connectivity index (χ0n) is 16.9. The number of fused-ring (bicyclic) bond motifs is 1. The largest absolute Gasteiger partial charge is 0.368 e. The second-order valence-corrected chi connectivity index (χ2v) is 8.58. The number of nitrogens with zero attached hydrogens (tertiary/aromatic N) is 3. The minimum atomic E-state index is -0.169. The van der Waals surface area contributed by atoms with E-state index in [4.69, 9.17) is 0 Å². The van der Waals surface area contributed by atoms with Gasteiger partial charge in [0, 0.05) is 29.4 Å². The van der Waals surface area contributed by atoms with Gasteiger partial charge in [0.25, 0.3) is 0 Å². The van der Waals surface area contributed by atoms with Crippen LogP contribution in [0.4, 0.5) is 5.82 Å². The van der Waals surface area contributed by atoms with Gasteiger partial charge in [-0.15, -0.1) is 0 Å². The van der Waals surface area contributed by atoms with Crippen molar-refractivity contribution in [1.82, 2.24) is 20.2 Å². The smallest absolute Gasteiger partial charge is 0.234 e. The molecule has 0 bridgehead atoms. The fourth-order valence-electron chi connectivity index (χ4n) is 3.52. The van der Waals surface area contributed by atoms with Crippen LogP contribution in [-0.2, 0) is 4.79 Å². The molecular weight excluding hydrogens is 338 g/mol. The first kappa shape index (κ1) is 19.5. The van der Waals surface area contributed by atoms with E-state index < -0.39 is 0 Å². The number of amides is 1. The number of aryl methyl sites for hydroxylation is 1. The second kappa shape index (κ2) is 8.21. The van der Waals surface area contributed by atoms with Crippen molar-refractivity contribution >= 4 is 22.6 Å². The molecule has 6 heteroatoms. The Morgan fingerprint density at radius 3 is 2.67 bits per heavy atom. The highest BCUT2D eigenvalue weighted by molar-refractivity contribution is 5.88. The maximum absolute atomic E-state index is 12.1. The average molecular weight is 370 g/mol. The van der Waals surface area contributed by atoms with Gasteiger partial charge >= 0.3 is 0 Å². The van der Waals surface area contributed by atoms with Crippen molar-refractivity contribution in [3.8, 4) is 0 Å². The number of hydrogen-bond acceptors (Lipinski definition) is 5. The van der Waals surface area contributed by atoms with E-state index in [1.807, 2.05) is 46.0 Å². The van der Waals surface area contributed by atoms with Crippen molar-refractivity contribution in [3.05, 3.63) is 30.1 Å². The maximum atomic E-state index is 12.1. The molecule has 2 N–H and O–H groups in total. The van der Waals surface area contributed by atoms with Crippen LogP contribution in [0.1, 0.15) is 39.3 Å². The van der Waals surface area contributed by atoms with Crippen LogP contribution in [0.2, 0.25) is 0 Å². The van der Waals surface area contributed by atoms with Gasteiger partial charge in [-0.3, -0.25) is 9.69 Å². The number of nitrogens with one attached hydrogen (secondary N) is 2. The van der Waals surface area contributed by atoms with Gasteiger partial charge in [-0.05, 0) is 71.7 Å². The molecule has 1 aliphatic rings. The van der Waals surface area contributed by atoms with Gasteiger partial charge in [-0.2, -0.15) is 0 Å². The highest BCUT2D eigenvalue weighted by atomic mass is 16.2. The highest BCUT2D eigenvalue weighted by Gasteiger charge is 2.22. The molecule has 0 atom stereocenters. The molecule has 0 radical (unpaired) electrons. The number of anilines is 1. The highest BCUT2D eigenvalue weighted by Crippen LogP contribution is 2.22. The molecule has 6 nitrogen and oxygen atoms in total. The van der Waals surface area contributed by atoms with E-state index in [2.05, 4.69) is 31.6 Å². The minimum Gasteiger partial charge on any atom is -0.368 e. The van der Waals surface area contributed by atoms with Crippen molar-refractivity contribution in [2.75, 3.05) is 31.5 Å². The van der Waals surface area contributed by atoms with Crippen molar-refractivity contribution in [3.63, 3.8) is 0 Å². The molecule has 2 aromatic heterocycles. The van der Waals surface area contributed by atoms with Crippen LogP contribution in [-0.4, -0.2) is 52.5 Å². The van der Waals surface area contributed by atoms with E-state index in [1.165, 1.54) is 0 Å². The number of carbonyl (C=O) groups is 1. The van der Waals surface area contributed by atoms with Gasteiger partial charge < -0.3 is 10.6 Å². The van der Waals surface area contributed by atoms with Crippen LogP contribution in [0.3, 0.4) is 0 Å². The quantitative estimate of drug-likeness (QED) is 0.848. The lowest BCUT2D eigenvalue weighted by Crippen LogP contribution is -2.47. The molecule has 1 aliphatic heterocycles. The Morgan fingerprint density at radius 1 is 1.22 bits per heavy atom. The standard InChI is InChI=1S/C21H31N5O/c1-15-5-6-17-7-10-22-20(19(17)24-15)23-13-16-8-11-26(12-9-16)14-18(27)25-21(2,3)4/h5-7,10,16H,8-9,11-14H2,1-4H3,(H,22,23)(H,25,27). The number of piperidine rings is 1. The zero-order chi connectivity index (χ0) is 19.4. The molecular formula is C21H31N5O. The first-order valence-corrected chi connectivity index (χ1v) is 9.80. The Labute approximate surface area is 161 Å². The van der Waals surface area contributed by atoms with E-state index in [9.17, 15) is 4.79 Å². The molecule has 3 heterocycles. The van der Waals surface area contributed by atoms with Gasteiger partial charge in [-0.25, -0.2) is 9.97 Å². The lowest BCUT2D eigenvalue weighted by atomic mass is 9.96. The number of pyridine rings is 2. The Morgan fingerprint density at radius 2 is 1.96 bits per heavy atom. The van der Waals surface area contributed by atoms with Crippen LogP contribution < -0.4 is 10.6 Å². The molecule has 1 saturated heterocycles. The molecule has 2 aromatic rings. The summed E-state index contributed by atoms with van der Waals surface area (Å²) in [7, 11) is 0. The lowest BCUT2D eigenvalue weighted by Gasteiger charge is -2.32. The number of aromatic nitrogens is 2. The summed E-state index contributed by atoms with van der Waals surface area (Å²) in [4.78, 5) is 23.5. The molecule has 3 rings (SSSR count). The van der Waals surface area contributed by atoms with Crippen LogP contribution in [0.5, 0.6) is 0 Å². The van der Waals surface area contributed by atoms with Gasteiger partial charge in [0.1, 0.15) is 5.52 Å². The zero-order valence-corrected chi connectivity index (χ0v) is 16.9. The lowest BCUT2D eigenvalue weighted by molar-refractivity contribution is -0.124. The van der Waals surface area contributed by atoms with Crippen molar-refractivity contribution in [2.24, 2.45) is 5.92 Å². The summed E-state index contributed by atoms with van der Waals surface area (Å²) < 4.78 is 0. The summed E-state index contributed by atoms with van der Waals surface area (Å²) >= 11 is 0. The van der Waals surface area contributed by atoms with Crippen molar-refractivity contribution in [1.29, 1.82) is 0 Å². The van der Waals surface area contributed by atoms with Gasteiger partial charge in [0.2, 0.25) is 5.91 Å². The number of carbonyl (C=O) groups excluding carboxylic acids is 1. The third-order valence-electron chi connectivity index (χ3n) is 4.89. The predicted octanol–water partition coefficient (Wildman–Crippen LogP) is 2.98. The third-order valence-corrected chi connectivity index (χ3v) is 4.89. The number of hydrogen-bond donors (Lipinski definition) is 2. The van der Waals surface area contributed by atoms with Crippen LogP contribution in [0, 0.1) is 12.8 Å². The summed E-state index contributed by atoms with van der Waals surface area (Å²) in [5.41, 5.74) is 1.77. The predicted molar refractivity (Wildman–Crippen MR) is 110 cm³/mol. The number of likely N-dealkylation sites (tertiary alicyclic amines) is 1. The van der Waals surface area contributed by atoms with Gasteiger partial charge in [0.15, 0.2) is 5.82 Å². The topological polar surface area (TPSA) is 70.2 Å². The van der Waals surface area contributed by atoms with E-state index in [0.29, 0.717) is 12.5 Å². The average Bonchev–Trinajstić information content (AvgIpc) is 2.59. The number of rotatable bonds is 5. The fraction of sp³-hybridized carbons (Fsp3) is 0.571. The van der Waals surface area contributed by atoms with E-state index in [0.717, 1.165) is 54.9 Å². The molecule has 0 aromatic carbocycles. The van der Waals surface area contributed by atoms with Crippen molar-refractivity contribution in [2.45, 2.75) is 46.1 Å². The molecule has 0 unspecified atom stereocenters. The SMILES string of the molecule is Cc1ccc2ccnc(NCC3CCN(CC(=O)NC(C)(C)C)CC3)c2n1. The Hall–Kier alpha value is -2.21. The Kier molecular flexibility index (Phi) is 5.95. The molecule has 0 spiro atoms. The molecule has 0 saturated carbocycles. The summed E-state index contributed by atoms with van der Waals surface area (Å²) in [5.74, 6) is 1.57. The molecule has 0 aliphatic carbocycles. The summed E-state index contributed by atoms with van der Waals surface area (Å²) in [5, 5.41) is 7.65. The van der Waals surface area contributed by atoms with Crippen LogP contribution in [0.25, 0.3) is 10.9 Å². The van der Waals surface area contributed by atoms with Crippen LogP contribution >= 0.6 is 0 Å². The molecule has 146 valence electrons. The third kappa shape index (κ3) is 5.63. The summed E-state index contributed by atoms with van der Waals surface area (Å²) in [6.07, 6.45) is 4.01. The van der Waals surface area contributed by atoms with Crippen LogP contribution in [0.15, 0.2) is 24.4 Å². The molecule has 27 heavy (non-hydrogen) atoms. The van der Waals surface area contributed by atoms with Gasteiger partial charge in [0.05, 0.1) is 6.54 Å². The summed E-state index contributed by atoms with van der Waals surface area (Å²) in [6, 6.07) is 6.11. The van der Waals surface area contributed by atoms with Gasteiger partial charge in [-0.1, -0.05) is 6.07 Å². The van der Waals surface area contributed by atoms with E-state index >= 15 is 0 Å². The minimum absolute atomic E-state index is 0.112. The second-order valence-electron chi connectivity index (χ2n) is 8.58.